The zero-order valence-electron chi connectivity index (χ0n) is 7.53. The molecule has 1 unspecified atom stereocenters. The second kappa shape index (κ2) is 7.02. The summed E-state index contributed by atoms with van der Waals surface area (Å²) in [6.07, 6.45) is -0.625. The normalized spacial score (nSPS) is 12.6. The van der Waals surface area contributed by atoms with Gasteiger partial charge in [-0.15, -0.1) is 0 Å². The monoisotopic (exact) mass is 178 g/mol. The van der Waals surface area contributed by atoms with Crippen LogP contribution in [0, 0.1) is 0 Å². The number of ether oxygens (including phenoxy) is 4. The van der Waals surface area contributed by atoms with Crippen LogP contribution in [0.25, 0.3) is 0 Å². The third-order valence-corrected chi connectivity index (χ3v) is 1.09. The van der Waals surface area contributed by atoms with Crippen molar-refractivity contribution in [1.82, 2.24) is 0 Å². The summed E-state index contributed by atoms with van der Waals surface area (Å²) in [5, 5.41) is 0. The standard InChI is InChI=1S/C7H14O5/c1-6(11-4-9-2)7(8)12-5-10-3/h6H,4-5H2,1-3H3. The zero-order chi connectivity index (χ0) is 9.40. The number of carbonyl (C=O) groups is 1. The molecule has 0 amide bonds. The van der Waals surface area contributed by atoms with Gasteiger partial charge >= 0.3 is 5.97 Å². The van der Waals surface area contributed by atoms with E-state index >= 15 is 0 Å². The van der Waals surface area contributed by atoms with Crippen LogP contribution in [0.4, 0.5) is 0 Å². The van der Waals surface area contributed by atoms with Crippen LogP contribution in [0.2, 0.25) is 0 Å². The highest BCUT2D eigenvalue weighted by molar-refractivity contribution is 5.74. The van der Waals surface area contributed by atoms with Crippen molar-refractivity contribution in [2.24, 2.45) is 0 Å². The van der Waals surface area contributed by atoms with Crippen molar-refractivity contribution in [1.29, 1.82) is 0 Å². The van der Waals surface area contributed by atoms with Crippen LogP contribution in [0.5, 0.6) is 0 Å². The molecule has 0 saturated heterocycles. The van der Waals surface area contributed by atoms with Crippen molar-refractivity contribution in [3.8, 4) is 0 Å². The molecule has 0 aliphatic rings. The lowest BCUT2D eigenvalue weighted by molar-refractivity contribution is -0.172. The molecule has 0 bridgehead atoms. The first-order valence-electron chi connectivity index (χ1n) is 3.48. The molecular formula is C7H14O5. The van der Waals surface area contributed by atoms with Crippen LogP contribution in [-0.2, 0) is 23.7 Å². The largest absolute Gasteiger partial charge is 0.437 e. The second-order valence-electron chi connectivity index (χ2n) is 2.09. The summed E-state index contributed by atoms with van der Waals surface area (Å²) in [4.78, 5) is 10.9. The highest BCUT2D eigenvalue weighted by Crippen LogP contribution is 1.94. The third-order valence-electron chi connectivity index (χ3n) is 1.09. The van der Waals surface area contributed by atoms with Crippen molar-refractivity contribution in [3.63, 3.8) is 0 Å². The third kappa shape index (κ3) is 5.06. The Kier molecular flexibility index (Phi) is 6.64. The van der Waals surface area contributed by atoms with E-state index in [9.17, 15) is 4.79 Å². The minimum absolute atomic E-state index is 0.0560. The molecule has 0 aromatic heterocycles. The molecule has 0 rings (SSSR count). The molecule has 0 heterocycles. The van der Waals surface area contributed by atoms with Gasteiger partial charge in [0.15, 0.2) is 12.9 Å². The van der Waals surface area contributed by atoms with Gasteiger partial charge in [0.1, 0.15) is 6.79 Å². The van der Waals surface area contributed by atoms with Gasteiger partial charge < -0.3 is 18.9 Å². The Hall–Kier alpha value is -0.650. The summed E-state index contributed by atoms with van der Waals surface area (Å²) < 4.78 is 18.6. The number of methoxy groups -OCH3 is 2. The Balaban J connectivity index is 3.47. The molecule has 5 nitrogen and oxygen atoms in total. The lowest BCUT2D eigenvalue weighted by Crippen LogP contribution is -2.24. The molecule has 0 aromatic carbocycles. The van der Waals surface area contributed by atoms with Crippen LogP contribution in [-0.4, -0.2) is 39.9 Å². The minimum atomic E-state index is -0.625. The van der Waals surface area contributed by atoms with Crippen molar-refractivity contribution in [2.45, 2.75) is 13.0 Å². The highest BCUT2D eigenvalue weighted by atomic mass is 16.7. The summed E-state index contributed by atoms with van der Waals surface area (Å²) in [6.45, 7) is 1.60. The Labute approximate surface area is 71.5 Å². The molecule has 0 aliphatic heterocycles. The smallest absolute Gasteiger partial charge is 0.337 e. The number of hydrogen-bond donors (Lipinski definition) is 0. The molecule has 1 atom stereocenters. The Bertz CT molecular complexity index is 125. The van der Waals surface area contributed by atoms with Gasteiger partial charge in [0, 0.05) is 14.2 Å². The van der Waals surface area contributed by atoms with Gasteiger partial charge in [0.05, 0.1) is 0 Å². The van der Waals surface area contributed by atoms with E-state index in [1.165, 1.54) is 14.2 Å². The Morgan fingerprint density at radius 1 is 1.25 bits per heavy atom. The summed E-state index contributed by atoms with van der Waals surface area (Å²) in [5.41, 5.74) is 0. The first-order chi connectivity index (χ1) is 5.72. The lowest BCUT2D eigenvalue weighted by Gasteiger charge is -2.10. The van der Waals surface area contributed by atoms with Crippen molar-refractivity contribution in [3.05, 3.63) is 0 Å². The van der Waals surface area contributed by atoms with Gasteiger partial charge in [-0.2, -0.15) is 0 Å². The van der Waals surface area contributed by atoms with Gasteiger partial charge in [-0.3, -0.25) is 0 Å². The molecule has 0 N–H and O–H groups in total. The highest BCUT2D eigenvalue weighted by Gasteiger charge is 2.13. The predicted molar refractivity (Wildman–Crippen MR) is 40.4 cm³/mol. The van der Waals surface area contributed by atoms with E-state index in [2.05, 4.69) is 14.2 Å². The van der Waals surface area contributed by atoms with E-state index < -0.39 is 12.1 Å². The molecule has 0 aliphatic carbocycles. The van der Waals surface area contributed by atoms with E-state index in [1.807, 2.05) is 0 Å². The van der Waals surface area contributed by atoms with Gasteiger partial charge in [-0.05, 0) is 6.92 Å². The maximum Gasteiger partial charge on any atom is 0.337 e. The van der Waals surface area contributed by atoms with E-state index in [-0.39, 0.29) is 13.6 Å². The van der Waals surface area contributed by atoms with Crippen LogP contribution < -0.4 is 0 Å². The van der Waals surface area contributed by atoms with Crippen molar-refractivity contribution in [2.75, 3.05) is 27.8 Å². The molecular weight excluding hydrogens is 164 g/mol. The maximum absolute atomic E-state index is 10.9. The number of rotatable bonds is 6. The van der Waals surface area contributed by atoms with Crippen LogP contribution in [0.15, 0.2) is 0 Å². The number of hydrogen-bond acceptors (Lipinski definition) is 5. The van der Waals surface area contributed by atoms with Gasteiger partial charge in [-0.25, -0.2) is 4.79 Å². The fraction of sp³-hybridized carbons (Fsp3) is 0.857. The first-order valence-corrected chi connectivity index (χ1v) is 3.48. The molecule has 0 fully saturated rings. The van der Waals surface area contributed by atoms with Crippen molar-refractivity contribution < 1.29 is 23.7 Å². The quantitative estimate of drug-likeness (QED) is 0.428. The van der Waals surface area contributed by atoms with Crippen LogP contribution >= 0.6 is 0 Å². The molecule has 12 heavy (non-hydrogen) atoms. The minimum Gasteiger partial charge on any atom is -0.437 e. The van der Waals surface area contributed by atoms with E-state index in [4.69, 9.17) is 4.74 Å². The fourth-order valence-electron chi connectivity index (χ4n) is 0.473. The molecule has 0 radical (unpaired) electrons. The lowest BCUT2D eigenvalue weighted by atomic mass is 10.4. The average molecular weight is 178 g/mol. The first kappa shape index (κ1) is 11.4. The van der Waals surface area contributed by atoms with Gasteiger partial charge in [0.25, 0.3) is 0 Å². The van der Waals surface area contributed by atoms with E-state index in [1.54, 1.807) is 6.92 Å². The van der Waals surface area contributed by atoms with Gasteiger partial charge in [-0.1, -0.05) is 0 Å². The molecule has 0 aromatic rings. The summed E-state index contributed by atoms with van der Waals surface area (Å²) in [5.74, 6) is -0.464. The maximum atomic E-state index is 10.9. The van der Waals surface area contributed by atoms with Gasteiger partial charge in [0.2, 0.25) is 0 Å². The molecule has 72 valence electrons. The number of carbonyl (C=O) groups excluding carboxylic acids is 1. The topological polar surface area (TPSA) is 54.0 Å². The SMILES string of the molecule is COCOC(=O)C(C)OCOC. The van der Waals surface area contributed by atoms with Crippen molar-refractivity contribution >= 4 is 5.97 Å². The fourth-order valence-corrected chi connectivity index (χ4v) is 0.473. The molecule has 0 saturated carbocycles. The summed E-state index contributed by atoms with van der Waals surface area (Å²) in [7, 11) is 2.92. The molecule has 0 spiro atoms. The molecule has 5 heteroatoms. The average Bonchev–Trinajstić information content (AvgIpc) is 2.10. The van der Waals surface area contributed by atoms with Crippen LogP contribution in [0.1, 0.15) is 6.92 Å². The zero-order valence-corrected chi connectivity index (χ0v) is 7.53. The second-order valence-corrected chi connectivity index (χ2v) is 2.09. The Morgan fingerprint density at radius 3 is 2.33 bits per heavy atom. The van der Waals surface area contributed by atoms with E-state index in [0.29, 0.717) is 0 Å². The Morgan fingerprint density at radius 2 is 1.83 bits per heavy atom. The summed E-state index contributed by atoms with van der Waals surface area (Å²) in [6, 6.07) is 0. The van der Waals surface area contributed by atoms with E-state index in [0.717, 1.165) is 0 Å². The summed E-state index contributed by atoms with van der Waals surface area (Å²) >= 11 is 0. The number of esters is 1. The van der Waals surface area contributed by atoms with Crippen LogP contribution in [0.3, 0.4) is 0 Å². The predicted octanol–water partition coefficient (Wildman–Crippen LogP) is 0.143.